The van der Waals surface area contributed by atoms with E-state index in [1.165, 1.54) is 12.3 Å². The fourth-order valence-electron chi connectivity index (χ4n) is 1.32. The lowest BCUT2D eigenvalue weighted by atomic mass is 10.3. The van der Waals surface area contributed by atoms with Crippen molar-refractivity contribution in [1.29, 1.82) is 0 Å². The Labute approximate surface area is 87.0 Å². The summed E-state index contributed by atoms with van der Waals surface area (Å²) in [6, 6.07) is 4.64. The van der Waals surface area contributed by atoms with Crippen LogP contribution in [-0.4, -0.2) is 37.2 Å². The minimum Gasteiger partial charge on any atom is -0.349 e. The molecule has 1 aromatic rings. The monoisotopic (exact) mass is 214 g/mol. The zero-order valence-electron chi connectivity index (χ0n) is 8.49. The molecule has 6 nitrogen and oxygen atoms in total. The molecule has 0 bridgehead atoms. The molecule has 1 aromatic heterocycles. The first kappa shape index (κ1) is 11.9. The average Bonchev–Trinajstić information content (AvgIpc) is 2.00. The van der Waals surface area contributed by atoms with Crippen molar-refractivity contribution in [3.8, 4) is 0 Å². The van der Waals surface area contributed by atoms with E-state index in [2.05, 4.69) is 4.98 Å². The third-order valence-electron chi connectivity index (χ3n) is 1.73. The number of aliphatic hydroxyl groups is 4. The molecule has 15 heavy (non-hydrogen) atoms. The summed E-state index contributed by atoms with van der Waals surface area (Å²) in [5.74, 6) is -4.81. The molecule has 0 aliphatic rings. The Morgan fingerprint density at radius 1 is 1.07 bits per heavy atom. The number of pyridine rings is 1. The van der Waals surface area contributed by atoms with Crippen molar-refractivity contribution >= 4 is 5.82 Å². The fourth-order valence-corrected chi connectivity index (χ4v) is 1.32. The van der Waals surface area contributed by atoms with Gasteiger partial charge >= 0.3 is 0 Å². The van der Waals surface area contributed by atoms with E-state index in [4.69, 9.17) is 0 Å². The van der Waals surface area contributed by atoms with Crippen molar-refractivity contribution in [3.63, 3.8) is 0 Å². The highest BCUT2D eigenvalue weighted by atomic mass is 16.6. The van der Waals surface area contributed by atoms with Gasteiger partial charge in [-0.05, 0) is 12.1 Å². The molecule has 0 aromatic carbocycles. The van der Waals surface area contributed by atoms with Gasteiger partial charge in [-0.25, -0.2) is 4.98 Å². The molecule has 0 aliphatic carbocycles. The molecule has 0 saturated heterocycles. The molecule has 0 radical (unpaired) electrons. The summed E-state index contributed by atoms with van der Waals surface area (Å²) in [6.45, 7) is 2.01. The maximum absolute atomic E-state index is 9.39. The first-order valence-electron chi connectivity index (χ1n) is 4.34. The van der Waals surface area contributed by atoms with Gasteiger partial charge < -0.3 is 20.4 Å². The second kappa shape index (κ2) is 3.74. The van der Waals surface area contributed by atoms with Gasteiger partial charge in [0, 0.05) is 20.0 Å². The van der Waals surface area contributed by atoms with Crippen LogP contribution in [0.25, 0.3) is 0 Å². The SMILES string of the molecule is CC(O)(O)N(c1ccccn1)C(C)(O)O. The second-order valence-corrected chi connectivity index (χ2v) is 3.46. The fraction of sp³-hybridized carbons (Fsp3) is 0.444. The topological polar surface area (TPSA) is 97.1 Å². The van der Waals surface area contributed by atoms with Gasteiger partial charge in [-0.1, -0.05) is 6.07 Å². The predicted molar refractivity (Wildman–Crippen MR) is 52.4 cm³/mol. The third-order valence-corrected chi connectivity index (χ3v) is 1.73. The molecule has 0 aliphatic heterocycles. The smallest absolute Gasteiger partial charge is 0.248 e. The van der Waals surface area contributed by atoms with E-state index >= 15 is 0 Å². The molecular weight excluding hydrogens is 200 g/mol. The quantitative estimate of drug-likeness (QED) is 0.492. The van der Waals surface area contributed by atoms with Gasteiger partial charge in [-0.15, -0.1) is 0 Å². The van der Waals surface area contributed by atoms with Crippen molar-refractivity contribution in [2.45, 2.75) is 25.7 Å². The zero-order chi connectivity index (χ0) is 11.7. The van der Waals surface area contributed by atoms with Crippen LogP contribution >= 0.6 is 0 Å². The number of nitrogens with zero attached hydrogens (tertiary/aromatic N) is 2. The molecule has 0 unspecified atom stereocenters. The van der Waals surface area contributed by atoms with Crippen LogP contribution in [0.2, 0.25) is 0 Å². The summed E-state index contributed by atoms with van der Waals surface area (Å²) in [6.07, 6.45) is 1.40. The number of rotatable bonds is 3. The summed E-state index contributed by atoms with van der Waals surface area (Å²) in [5, 5.41) is 37.6. The van der Waals surface area contributed by atoms with Crippen molar-refractivity contribution in [1.82, 2.24) is 4.98 Å². The molecule has 0 atom stereocenters. The molecule has 0 fully saturated rings. The summed E-state index contributed by atoms with van der Waals surface area (Å²) in [7, 11) is 0. The van der Waals surface area contributed by atoms with Crippen LogP contribution in [0.4, 0.5) is 5.82 Å². The second-order valence-electron chi connectivity index (χ2n) is 3.46. The van der Waals surface area contributed by atoms with E-state index in [1.54, 1.807) is 12.1 Å². The Morgan fingerprint density at radius 2 is 1.60 bits per heavy atom. The number of anilines is 1. The van der Waals surface area contributed by atoms with Gasteiger partial charge in [0.1, 0.15) is 5.82 Å². The zero-order valence-corrected chi connectivity index (χ0v) is 8.49. The maximum atomic E-state index is 9.39. The molecule has 4 N–H and O–H groups in total. The number of hydrogen-bond acceptors (Lipinski definition) is 6. The first-order valence-corrected chi connectivity index (χ1v) is 4.34. The molecule has 0 amide bonds. The van der Waals surface area contributed by atoms with Crippen LogP contribution in [0.5, 0.6) is 0 Å². The number of hydrogen-bond donors (Lipinski definition) is 4. The van der Waals surface area contributed by atoms with Crippen molar-refractivity contribution in [3.05, 3.63) is 24.4 Å². The van der Waals surface area contributed by atoms with Crippen LogP contribution in [-0.2, 0) is 0 Å². The molecule has 0 saturated carbocycles. The lowest BCUT2D eigenvalue weighted by Crippen LogP contribution is -2.59. The molecule has 0 spiro atoms. The van der Waals surface area contributed by atoms with Gasteiger partial charge in [-0.2, -0.15) is 0 Å². The van der Waals surface area contributed by atoms with Gasteiger partial charge in [0.05, 0.1) is 0 Å². The van der Waals surface area contributed by atoms with Crippen LogP contribution in [0.15, 0.2) is 24.4 Å². The molecular formula is C9H14N2O4. The molecule has 1 heterocycles. The minimum atomic E-state index is -2.42. The number of aromatic nitrogens is 1. The van der Waals surface area contributed by atoms with Crippen molar-refractivity contribution < 1.29 is 20.4 Å². The predicted octanol–water partition coefficient (Wildman–Crippen LogP) is -0.795. The van der Waals surface area contributed by atoms with Gasteiger partial charge in [0.2, 0.25) is 11.8 Å². The molecule has 84 valence electrons. The summed E-state index contributed by atoms with van der Waals surface area (Å²) >= 11 is 0. The molecule has 6 heteroatoms. The largest absolute Gasteiger partial charge is 0.349 e. The van der Waals surface area contributed by atoms with E-state index in [1.807, 2.05) is 0 Å². The third kappa shape index (κ3) is 2.87. The van der Waals surface area contributed by atoms with Crippen molar-refractivity contribution in [2.24, 2.45) is 0 Å². The maximum Gasteiger partial charge on any atom is 0.248 e. The summed E-state index contributed by atoms with van der Waals surface area (Å²) in [5.41, 5.74) is 0. The Hall–Kier alpha value is -1.21. The minimum absolute atomic E-state index is 0.0394. The lowest BCUT2D eigenvalue weighted by molar-refractivity contribution is -0.234. The highest BCUT2D eigenvalue weighted by molar-refractivity contribution is 5.40. The standard InChI is InChI=1S/C9H14N2O4/c1-8(12,13)11(9(2,14)15)7-5-3-4-6-10-7/h3-6,12-15H,1-2H3. The highest BCUT2D eigenvalue weighted by Gasteiger charge is 2.39. The summed E-state index contributed by atoms with van der Waals surface area (Å²) in [4.78, 5) is 4.37. The Bertz CT molecular complexity index is 301. The normalized spacial score (nSPS) is 12.7. The Balaban J connectivity index is 3.15. The van der Waals surface area contributed by atoms with Gasteiger partial charge in [0.25, 0.3) is 0 Å². The van der Waals surface area contributed by atoms with Crippen LogP contribution < -0.4 is 4.90 Å². The van der Waals surface area contributed by atoms with E-state index in [0.717, 1.165) is 13.8 Å². The summed E-state index contributed by atoms with van der Waals surface area (Å²) < 4.78 is 0. The highest BCUT2D eigenvalue weighted by Crippen LogP contribution is 2.24. The van der Waals surface area contributed by atoms with E-state index in [0.29, 0.717) is 4.90 Å². The van der Waals surface area contributed by atoms with Crippen LogP contribution in [0, 0.1) is 0 Å². The van der Waals surface area contributed by atoms with Crippen LogP contribution in [0.3, 0.4) is 0 Å². The molecule has 1 rings (SSSR count). The van der Waals surface area contributed by atoms with Crippen LogP contribution in [0.1, 0.15) is 13.8 Å². The first-order chi connectivity index (χ1) is 6.73. The van der Waals surface area contributed by atoms with E-state index in [-0.39, 0.29) is 5.82 Å². The lowest BCUT2D eigenvalue weighted by Gasteiger charge is -2.39. The van der Waals surface area contributed by atoms with E-state index in [9.17, 15) is 20.4 Å². The van der Waals surface area contributed by atoms with E-state index < -0.39 is 11.8 Å². The van der Waals surface area contributed by atoms with Crippen molar-refractivity contribution in [2.75, 3.05) is 4.90 Å². The van der Waals surface area contributed by atoms with Gasteiger partial charge in [0.15, 0.2) is 0 Å². The van der Waals surface area contributed by atoms with Gasteiger partial charge in [-0.3, -0.25) is 4.90 Å². The Morgan fingerprint density at radius 3 is 1.93 bits per heavy atom. The Kier molecular flexibility index (Phi) is 2.96. The average molecular weight is 214 g/mol.